The van der Waals surface area contributed by atoms with E-state index in [1.807, 2.05) is 102 Å². The van der Waals surface area contributed by atoms with Crippen LogP contribution in [-0.2, 0) is 61.0 Å². The number of amides is 5. The van der Waals surface area contributed by atoms with Crippen LogP contribution in [0.4, 0.5) is 30.0 Å². The van der Waals surface area contributed by atoms with E-state index in [9.17, 15) is 39.9 Å². The Hall–Kier alpha value is -7.92. The van der Waals surface area contributed by atoms with Crippen molar-refractivity contribution in [2.45, 2.75) is 89.3 Å². The Bertz CT molecular complexity index is 3430. The first-order valence-corrected chi connectivity index (χ1v) is 32.8. The molecule has 0 spiro atoms. The van der Waals surface area contributed by atoms with Gasteiger partial charge in [0.15, 0.2) is 19.8 Å². The van der Waals surface area contributed by atoms with Gasteiger partial charge < -0.3 is 64.5 Å². The predicted molar refractivity (Wildman–Crippen MR) is 329 cm³/mol. The van der Waals surface area contributed by atoms with Crippen LogP contribution in [0.3, 0.4) is 0 Å². The molecule has 1 fully saturated rings. The number of hydrogen-bond acceptors (Lipinski definition) is 13. The van der Waals surface area contributed by atoms with Crippen LogP contribution in [0.5, 0.6) is 40.2 Å². The van der Waals surface area contributed by atoms with Crippen molar-refractivity contribution >= 4 is 45.8 Å². The molecule has 91 heavy (non-hydrogen) atoms. The van der Waals surface area contributed by atoms with Crippen LogP contribution < -0.4 is 50.3 Å². The Morgan fingerprint density at radius 1 is 0.692 bits per heavy atom. The Labute approximate surface area is 538 Å². The minimum absolute atomic E-state index is 0. The van der Waals surface area contributed by atoms with Crippen molar-refractivity contribution in [1.29, 1.82) is 0 Å². The number of carbonyl (C=O) groups is 5. The molecule has 0 unspecified atom stereocenters. The molecule has 5 amide bonds. The minimum Gasteiger partial charge on any atom is -0.0312 e. The van der Waals surface area contributed by atoms with Crippen LogP contribution in [-0.4, -0.2) is 77.6 Å². The summed E-state index contributed by atoms with van der Waals surface area (Å²) in [5, 5.41) is 25.2. The molecular weight excluding hydrogens is 1320 g/mol. The predicted octanol–water partition coefficient (Wildman–Crippen LogP) is 13.5. The minimum atomic E-state index is -10.7. The molecule has 2 aliphatic heterocycles. The molecule has 6 aromatic rings. The summed E-state index contributed by atoms with van der Waals surface area (Å²) in [6.45, 7) is 12.0. The molecule has 489 valence electrons. The number of phenolic OH excluding ortho intramolecular Hbond substituents is 1. The van der Waals surface area contributed by atoms with Gasteiger partial charge in [-0.05, 0) is 139 Å². The Balaban J connectivity index is 0.00000104. The normalized spacial score (nSPS) is 17.7. The molecule has 18 nitrogen and oxygen atoms in total. The van der Waals surface area contributed by atoms with Gasteiger partial charge in [-0.25, -0.2) is 4.79 Å². The van der Waals surface area contributed by atoms with Crippen molar-refractivity contribution in [3.63, 3.8) is 0 Å². The van der Waals surface area contributed by atoms with Gasteiger partial charge in [-0.3, -0.25) is 19.2 Å². The quantitative estimate of drug-likeness (QED) is 0.0301. The average Bonchev–Trinajstić information content (AvgIpc) is 2.24. The van der Waals surface area contributed by atoms with E-state index in [0.29, 0.717) is 33.9 Å². The molecule has 27 heteroatoms. The van der Waals surface area contributed by atoms with E-state index in [1.54, 1.807) is 91.9 Å². The Morgan fingerprint density at radius 2 is 1.23 bits per heavy atom. The molecule has 4 bridgehead atoms. The third-order valence-electron chi connectivity index (χ3n) is 14.4. The second-order valence-electron chi connectivity index (χ2n) is 22.0. The van der Waals surface area contributed by atoms with Gasteiger partial charge in [-0.15, -0.1) is 0 Å². The summed E-state index contributed by atoms with van der Waals surface area (Å²) >= 11 is 0. The van der Waals surface area contributed by atoms with Gasteiger partial charge in [0, 0.05) is 12.6 Å². The first-order chi connectivity index (χ1) is 42.2. The van der Waals surface area contributed by atoms with Gasteiger partial charge in [-0.1, -0.05) is 106 Å². The molecule has 9 rings (SSSR count). The van der Waals surface area contributed by atoms with Gasteiger partial charge in [0.05, 0.1) is 27.4 Å². The van der Waals surface area contributed by atoms with Crippen LogP contribution in [0.25, 0.3) is 0 Å². The van der Waals surface area contributed by atoms with Crippen molar-refractivity contribution in [3.8, 4) is 40.2 Å². The molecule has 6 N–H and O–H groups in total. The number of hydrogen-bond donors (Lipinski definition) is 6. The first-order valence-electron chi connectivity index (χ1n) is 27.9. The number of fused-ring (bicyclic) bond motifs is 9. The maximum atomic E-state index is 15.4. The van der Waals surface area contributed by atoms with Crippen LogP contribution in [0, 0.1) is 39.0 Å². The number of likely N-dealkylation sites (N-methyl/N-ethyl adjacent to an activating group) is 1. The second kappa shape index (κ2) is 30.9. The van der Waals surface area contributed by atoms with Gasteiger partial charge in [0.1, 0.15) is 60.4 Å². The van der Waals surface area contributed by atoms with Crippen molar-refractivity contribution in [3.05, 3.63) is 205 Å². The standard InChI is InChI=1S/C59H67N5O13Si.C5H5.F6P.Ru/c1-35-45(72-7)30-41(31-46(35)74-33-36-17-13-11-14-18-36)50(64-58(70)75-34-37-19-15-12-16-20-37)57(69)62-49-40-29-44(65)53(73-8)47(32-40)76-43-27-23-39(24-28-43)52(77-78(9,10)59(2,3)4)51(54(66)60-5)63-55(67)48(61-56(49)68)38-21-25-42(71-6)26-22-38;1-2-4-5-3-1;1-7(2,3,4,5)6;/h11-32,48-52,65H,33-34H2,1-10H3,(H,60,66)(H,61,68)(H,62,69)(H,63,67)(H,64,70);1-5H;;/q;;-1;+2/t48-,49+,50+,51-,52+;;;/m1.../s1. The van der Waals surface area contributed by atoms with Crippen LogP contribution >= 0.6 is 7.81 Å². The number of carbonyl (C=O) groups excluding carboxylic acids is 5. The third kappa shape index (κ3) is 22.5. The van der Waals surface area contributed by atoms with Crippen molar-refractivity contribution in [1.82, 2.24) is 26.6 Å². The number of aromatic hydroxyl groups is 1. The molecule has 3 aliphatic rings. The van der Waals surface area contributed by atoms with E-state index in [4.69, 9.17) is 32.8 Å². The smallest absolute Gasteiger partial charge is 0.0312 e. The third-order valence-corrected chi connectivity index (χ3v) is 18.8. The summed E-state index contributed by atoms with van der Waals surface area (Å²) in [5.41, 5.74) is 3.03. The topological polar surface area (TPSA) is 230 Å². The number of ether oxygens (including phenoxy) is 6. The molecule has 1 aliphatic carbocycles. The maximum absolute atomic E-state index is 15.4. The molecular formula is C64H72F6N5O13PRuSi+. The molecule has 0 saturated heterocycles. The van der Waals surface area contributed by atoms with Crippen molar-refractivity contribution in [2.75, 3.05) is 28.4 Å². The van der Waals surface area contributed by atoms with E-state index in [0.717, 1.165) is 5.56 Å². The van der Waals surface area contributed by atoms with Gasteiger partial charge in [0.2, 0.25) is 29.4 Å². The summed E-state index contributed by atoms with van der Waals surface area (Å²) in [7, 11) is -7.70. The summed E-state index contributed by atoms with van der Waals surface area (Å²) in [5.74, 6) is -2.67. The fourth-order valence-corrected chi connectivity index (χ4v) is 9.96. The fourth-order valence-electron chi connectivity index (χ4n) is 8.70. The largest absolute Gasteiger partial charge is 2.00 e. The van der Waals surface area contributed by atoms with Crippen molar-refractivity contribution < 1.29 is 107 Å². The molecule has 6 aromatic carbocycles. The zero-order chi connectivity index (χ0) is 66.3. The summed E-state index contributed by atoms with van der Waals surface area (Å²) in [6, 6.07) is 30.8. The van der Waals surface area contributed by atoms with E-state index in [1.165, 1.54) is 40.5 Å². The number of halogens is 6. The maximum Gasteiger partial charge on any atom is 2.00 e. The zero-order valence-electron chi connectivity index (χ0n) is 51.3. The molecule has 5 atom stereocenters. The number of rotatable bonds is 16. The van der Waals surface area contributed by atoms with Crippen LogP contribution in [0.15, 0.2) is 133 Å². The molecule has 0 aromatic heterocycles. The number of methoxy groups -OCH3 is 3. The van der Waals surface area contributed by atoms with Gasteiger partial charge >= 0.3 is 58.6 Å². The number of benzene rings is 6. The zero-order valence-corrected chi connectivity index (χ0v) is 54.9. The number of phenols is 1. The van der Waals surface area contributed by atoms with E-state index >= 15 is 14.4 Å². The van der Waals surface area contributed by atoms with E-state index in [2.05, 4.69) is 26.6 Å². The second-order valence-corrected chi connectivity index (χ2v) is 28.7. The summed E-state index contributed by atoms with van der Waals surface area (Å²) in [6.07, 6.45) is 7.95. The van der Waals surface area contributed by atoms with E-state index in [-0.39, 0.29) is 71.7 Å². The van der Waals surface area contributed by atoms with Gasteiger partial charge in [0.25, 0.3) is 0 Å². The Morgan fingerprint density at radius 3 is 1.75 bits per heavy atom. The SMILES string of the molecule is CNC(=O)[C@@H]1NC(=O)[C@@H](c2ccc(OC)cc2)NC(=O)[C@@H](NC(=O)[C@@H](NC(=O)OCc2ccccc2)c2cc(OC)c(C)c(OCc3ccccc3)c2)c2cc(O)c(OC)c(c2)Oc2ccc(cc2)[C@@H]1O[Si](C)(C)C(C)(C)C.F[P-](F)(F)(F)(F)F.[CH]1[CH][CH][CH][CH]1.[Ru+2]. The molecule has 5 radical (unpaired) electrons. The Kier molecular flexibility index (Phi) is 25.1. The fraction of sp³-hybridized carbons (Fsp3) is 0.281. The molecule has 2 heterocycles. The van der Waals surface area contributed by atoms with Crippen LogP contribution in [0.1, 0.15) is 83.9 Å². The average molecular weight is 1390 g/mol. The molecule has 1 saturated carbocycles. The first kappa shape index (κ1) is 73.8. The van der Waals surface area contributed by atoms with Gasteiger partial charge in [-0.2, -0.15) is 0 Å². The van der Waals surface area contributed by atoms with Crippen LogP contribution in [0.2, 0.25) is 18.1 Å². The summed E-state index contributed by atoms with van der Waals surface area (Å²) < 4.78 is 101. The summed E-state index contributed by atoms with van der Waals surface area (Å²) in [4.78, 5) is 74.0. The van der Waals surface area contributed by atoms with E-state index < -0.39 is 81.9 Å². The van der Waals surface area contributed by atoms with Crippen molar-refractivity contribution in [2.24, 2.45) is 0 Å². The number of nitrogens with one attached hydrogen (secondary N) is 5. The number of alkyl carbamates (subject to hydrolysis) is 1. The monoisotopic (exact) mass is 1390 g/mol.